The molecule has 0 bridgehead atoms. The largest absolute Gasteiger partial charge is 0.508 e. The number of halogens is 1. The molecule has 0 fully saturated rings. The van der Waals surface area contributed by atoms with E-state index in [9.17, 15) is 4.39 Å². The van der Waals surface area contributed by atoms with Crippen LogP contribution in [0.5, 0.6) is 5.75 Å². The van der Waals surface area contributed by atoms with E-state index in [1.54, 1.807) is 0 Å². The first-order valence-corrected chi connectivity index (χ1v) is 3.15. The van der Waals surface area contributed by atoms with Crippen molar-refractivity contribution in [1.82, 2.24) is 5.43 Å². The lowest BCUT2D eigenvalue weighted by Gasteiger charge is -2.01. The maximum atomic E-state index is 12.4. The average Bonchev–Trinajstić information content (AvgIpc) is 1.95. The minimum absolute atomic E-state index is 0.0806. The summed E-state index contributed by atoms with van der Waals surface area (Å²) < 4.78 is 12.4. The van der Waals surface area contributed by atoms with Crippen molar-refractivity contribution in [1.29, 1.82) is 0 Å². The summed E-state index contributed by atoms with van der Waals surface area (Å²) in [5, 5.41) is 9.09. The van der Waals surface area contributed by atoms with Gasteiger partial charge in [0.15, 0.2) is 0 Å². The lowest BCUT2D eigenvalue weighted by atomic mass is 10.2. The lowest BCUT2D eigenvalue weighted by molar-refractivity contribution is 0.459. The number of rotatable bonds is 2. The van der Waals surface area contributed by atoms with Crippen LogP contribution in [0.25, 0.3) is 0 Å². The van der Waals surface area contributed by atoms with Crippen molar-refractivity contribution in [3.05, 3.63) is 29.6 Å². The van der Waals surface area contributed by atoms with E-state index in [0.717, 1.165) is 6.07 Å². The van der Waals surface area contributed by atoms with Crippen LogP contribution in [0.1, 0.15) is 5.56 Å². The molecule has 0 aliphatic rings. The van der Waals surface area contributed by atoms with Gasteiger partial charge in [-0.2, -0.15) is 0 Å². The zero-order chi connectivity index (χ0) is 8.27. The van der Waals surface area contributed by atoms with Crippen LogP contribution >= 0.6 is 0 Å². The molecule has 1 rings (SSSR count). The van der Waals surface area contributed by atoms with E-state index in [0.29, 0.717) is 12.1 Å². The minimum atomic E-state index is -0.455. The smallest absolute Gasteiger partial charge is 0.126 e. The third-order valence-corrected chi connectivity index (χ3v) is 1.34. The van der Waals surface area contributed by atoms with Gasteiger partial charge in [0.1, 0.15) is 11.6 Å². The quantitative estimate of drug-likeness (QED) is 0.431. The number of nitrogens with one attached hydrogen (secondary N) is 1. The third-order valence-electron chi connectivity index (χ3n) is 1.34. The van der Waals surface area contributed by atoms with Gasteiger partial charge >= 0.3 is 0 Å². The van der Waals surface area contributed by atoms with Crippen molar-refractivity contribution >= 4 is 0 Å². The molecule has 60 valence electrons. The lowest BCUT2D eigenvalue weighted by Crippen LogP contribution is -2.20. The van der Waals surface area contributed by atoms with E-state index in [2.05, 4.69) is 5.43 Å². The van der Waals surface area contributed by atoms with Crippen molar-refractivity contribution in [2.45, 2.75) is 6.54 Å². The fraction of sp³-hybridized carbons (Fsp3) is 0.143. The number of nitrogens with two attached hydrogens (primary N) is 1. The zero-order valence-corrected chi connectivity index (χ0v) is 5.84. The molecule has 3 nitrogen and oxygen atoms in total. The fourth-order valence-corrected chi connectivity index (χ4v) is 0.796. The molecule has 1 aromatic rings. The first-order chi connectivity index (χ1) is 5.24. The number of hydrazine groups is 1. The Labute approximate surface area is 63.6 Å². The average molecular weight is 156 g/mol. The van der Waals surface area contributed by atoms with Crippen LogP contribution in [-0.4, -0.2) is 5.11 Å². The van der Waals surface area contributed by atoms with E-state index in [4.69, 9.17) is 10.9 Å². The summed E-state index contributed by atoms with van der Waals surface area (Å²) in [6, 6.07) is 3.80. The van der Waals surface area contributed by atoms with Gasteiger partial charge in [-0.05, 0) is 6.07 Å². The van der Waals surface area contributed by atoms with E-state index >= 15 is 0 Å². The topological polar surface area (TPSA) is 58.3 Å². The molecule has 4 heteroatoms. The molecule has 0 saturated carbocycles. The van der Waals surface area contributed by atoms with Crippen LogP contribution in [0, 0.1) is 5.82 Å². The van der Waals surface area contributed by atoms with E-state index in [1.807, 2.05) is 0 Å². The van der Waals surface area contributed by atoms with Crippen molar-refractivity contribution in [2.24, 2.45) is 5.84 Å². The minimum Gasteiger partial charge on any atom is -0.508 e. The number of benzene rings is 1. The van der Waals surface area contributed by atoms with E-state index < -0.39 is 5.82 Å². The highest BCUT2D eigenvalue weighted by Crippen LogP contribution is 2.16. The number of phenolic OH excluding ortho intramolecular Hbond substituents is 1. The van der Waals surface area contributed by atoms with Crippen molar-refractivity contribution in [3.63, 3.8) is 0 Å². The molecule has 0 aromatic heterocycles. The first kappa shape index (κ1) is 7.97. The summed E-state index contributed by atoms with van der Waals surface area (Å²) in [5.74, 6) is 4.48. The summed E-state index contributed by atoms with van der Waals surface area (Å²) in [7, 11) is 0. The third kappa shape index (κ3) is 1.89. The highest BCUT2D eigenvalue weighted by molar-refractivity contribution is 5.32. The fourth-order valence-electron chi connectivity index (χ4n) is 0.796. The Bertz CT molecular complexity index is 252. The highest BCUT2D eigenvalue weighted by atomic mass is 19.1. The van der Waals surface area contributed by atoms with Gasteiger partial charge in [0.2, 0.25) is 0 Å². The van der Waals surface area contributed by atoms with Gasteiger partial charge in [-0.3, -0.25) is 11.3 Å². The summed E-state index contributed by atoms with van der Waals surface area (Å²) in [4.78, 5) is 0. The normalized spacial score (nSPS) is 10.0. The number of hydrogen-bond acceptors (Lipinski definition) is 3. The molecule has 1 aromatic carbocycles. The van der Waals surface area contributed by atoms with Gasteiger partial charge in [0.05, 0.1) is 0 Å². The van der Waals surface area contributed by atoms with E-state index in [-0.39, 0.29) is 5.75 Å². The molecule has 0 amide bonds. The summed E-state index contributed by atoms with van der Waals surface area (Å²) in [5.41, 5.74) is 2.94. The van der Waals surface area contributed by atoms with Gasteiger partial charge in [-0.25, -0.2) is 4.39 Å². The summed E-state index contributed by atoms with van der Waals surface area (Å²) in [6.07, 6.45) is 0. The van der Waals surface area contributed by atoms with Gasteiger partial charge in [0, 0.05) is 18.2 Å². The van der Waals surface area contributed by atoms with Gasteiger partial charge in [0.25, 0.3) is 0 Å². The molecule has 0 saturated heterocycles. The van der Waals surface area contributed by atoms with Crippen LogP contribution < -0.4 is 11.3 Å². The maximum Gasteiger partial charge on any atom is 0.126 e. The maximum absolute atomic E-state index is 12.4. The Hall–Kier alpha value is -1.13. The summed E-state index contributed by atoms with van der Waals surface area (Å²) in [6.45, 7) is 0.326. The molecule has 0 aliphatic heterocycles. The molecule has 0 aliphatic carbocycles. The van der Waals surface area contributed by atoms with Crippen molar-refractivity contribution < 1.29 is 9.50 Å². The Balaban J connectivity index is 2.90. The second kappa shape index (κ2) is 3.32. The van der Waals surface area contributed by atoms with Crippen molar-refractivity contribution in [3.8, 4) is 5.75 Å². The molecular weight excluding hydrogens is 147 g/mol. The van der Waals surface area contributed by atoms with Crippen LogP contribution in [0.4, 0.5) is 4.39 Å². The summed E-state index contributed by atoms with van der Waals surface area (Å²) >= 11 is 0. The molecule has 0 radical (unpaired) electrons. The monoisotopic (exact) mass is 156 g/mol. The van der Waals surface area contributed by atoms with Crippen LogP contribution in [0.3, 0.4) is 0 Å². The standard InChI is InChI=1S/C7H9FN2O/c8-6-2-1-5(4-10-9)7(11)3-6/h1-3,10-11H,4,9H2. The Morgan fingerprint density at radius 3 is 2.82 bits per heavy atom. The van der Waals surface area contributed by atoms with Crippen LogP contribution in [0.2, 0.25) is 0 Å². The molecule has 0 unspecified atom stereocenters. The Kier molecular flexibility index (Phi) is 2.40. The zero-order valence-electron chi connectivity index (χ0n) is 5.84. The van der Waals surface area contributed by atoms with Crippen LogP contribution in [0.15, 0.2) is 18.2 Å². The van der Waals surface area contributed by atoms with Crippen LogP contribution in [-0.2, 0) is 6.54 Å². The second-order valence-electron chi connectivity index (χ2n) is 2.15. The molecule has 0 spiro atoms. The number of aromatic hydroxyl groups is 1. The first-order valence-electron chi connectivity index (χ1n) is 3.15. The molecular formula is C7H9FN2O. The number of hydrogen-bond donors (Lipinski definition) is 3. The SMILES string of the molecule is NNCc1ccc(F)cc1O. The predicted octanol–water partition coefficient (Wildman–Crippen LogP) is 0.495. The molecule has 0 atom stereocenters. The number of phenols is 1. The Morgan fingerprint density at radius 2 is 2.27 bits per heavy atom. The van der Waals surface area contributed by atoms with Gasteiger partial charge in [-0.1, -0.05) is 6.07 Å². The molecule has 4 N–H and O–H groups in total. The van der Waals surface area contributed by atoms with E-state index in [1.165, 1.54) is 12.1 Å². The molecule has 0 heterocycles. The Morgan fingerprint density at radius 1 is 1.55 bits per heavy atom. The second-order valence-corrected chi connectivity index (χ2v) is 2.15. The predicted molar refractivity (Wildman–Crippen MR) is 39.1 cm³/mol. The van der Waals surface area contributed by atoms with Gasteiger partial charge in [-0.15, -0.1) is 0 Å². The molecule has 11 heavy (non-hydrogen) atoms. The van der Waals surface area contributed by atoms with Gasteiger partial charge < -0.3 is 5.11 Å². The van der Waals surface area contributed by atoms with Crippen molar-refractivity contribution in [2.75, 3.05) is 0 Å². The highest BCUT2D eigenvalue weighted by Gasteiger charge is 2.00.